The number of benzene rings is 1. The number of ether oxygens (including phenoxy) is 1. The lowest BCUT2D eigenvalue weighted by molar-refractivity contribution is 0.0934. The maximum Gasteiger partial charge on any atom is 0.271 e. The molecule has 0 aliphatic carbocycles. The second kappa shape index (κ2) is 6.47. The first-order chi connectivity index (χ1) is 9.61. The minimum Gasteiger partial charge on any atom is -0.496 e. The summed E-state index contributed by atoms with van der Waals surface area (Å²) in [7, 11) is 1.61. The molecule has 0 saturated heterocycles. The van der Waals surface area contributed by atoms with Crippen molar-refractivity contribution in [2.24, 2.45) is 0 Å². The Balaban J connectivity index is 2.10. The van der Waals surface area contributed by atoms with Gasteiger partial charge in [-0.2, -0.15) is 0 Å². The number of aromatic nitrogens is 2. The summed E-state index contributed by atoms with van der Waals surface area (Å²) in [5, 5.41) is 2.87. The van der Waals surface area contributed by atoms with Gasteiger partial charge in [0.2, 0.25) is 0 Å². The third-order valence-electron chi connectivity index (χ3n) is 2.82. The Bertz CT molecular complexity index is 605. The van der Waals surface area contributed by atoms with Gasteiger partial charge < -0.3 is 10.1 Å². The van der Waals surface area contributed by atoms with E-state index in [-0.39, 0.29) is 11.9 Å². The maximum atomic E-state index is 12.0. The van der Waals surface area contributed by atoms with Gasteiger partial charge in [-0.1, -0.05) is 6.07 Å². The zero-order valence-corrected chi connectivity index (χ0v) is 12.7. The minimum absolute atomic E-state index is 0.147. The Morgan fingerprint density at radius 3 is 2.80 bits per heavy atom. The molecule has 2 aromatic rings. The van der Waals surface area contributed by atoms with Crippen LogP contribution in [0.15, 0.2) is 41.3 Å². The average molecular weight is 336 g/mol. The van der Waals surface area contributed by atoms with Crippen LogP contribution in [-0.2, 0) is 0 Å². The van der Waals surface area contributed by atoms with E-state index in [0.29, 0.717) is 5.69 Å². The molecule has 0 unspecified atom stereocenters. The van der Waals surface area contributed by atoms with Gasteiger partial charge in [0.1, 0.15) is 11.4 Å². The van der Waals surface area contributed by atoms with Crippen LogP contribution >= 0.6 is 15.9 Å². The zero-order valence-electron chi connectivity index (χ0n) is 11.1. The number of amides is 1. The molecular formula is C14H14BrN3O2. The molecule has 1 aromatic carbocycles. The van der Waals surface area contributed by atoms with E-state index in [2.05, 4.69) is 31.2 Å². The van der Waals surface area contributed by atoms with Gasteiger partial charge in [0.25, 0.3) is 5.91 Å². The van der Waals surface area contributed by atoms with Gasteiger partial charge in [0, 0.05) is 12.4 Å². The molecular weight excluding hydrogens is 322 g/mol. The standard InChI is InChI=1S/C14H14BrN3O2/c1-9(10-3-4-13(20-2)11(15)7-10)18-14(19)12-8-16-5-6-17-12/h3-9H,1-2H3,(H,18,19)/t9-/m1/s1. The van der Waals surface area contributed by atoms with E-state index < -0.39 is 0 Å². The first-order valence-corrected chi connectivity index (χ1v) is 6.81. The summed E-state index contributed by atoms with van der Waals surface area (Å²) >= 11 is 3.43. The van der Waals surface area contributed by atoms with Crippen molar-refractivity contribution in [3.63, 3.8) is 0 Å². The van der Waals surface area contributed by atoms with Gasteiger partial charge in [-0.25, -0.2) is 4.98 Å². The maximum absolute atomic E-state index is 12.0. The van der Waals surface area contributed by atoms with E-state index in [1.807, 2.05) is 25.1 Å². The molecule has 1 amide bonds. The Morgan fingerprint density at radius 1 is 1.40 bits per heavy atom. The molecule has 6 heteroatoms. The quantitative estimate of drug-likeness (QED) is 0.932. The topological polar surface area (TPSA) is 64.1 Å². The molecule has 0 fully saturated rings. The lowest BCUT2D eigenvalue weighted by atomic mass is 10.1. The van der Waals surface area contributed by atoms with Crippen LogP contribution in [0.25, 0.3) is 0 Å². The third-order valence-corrected chi connectivity index (χ3v) is 3.44. The van der Waals surface area contributed by atoms with Crippen LogP contribution in [0.5, 0.6) is 5.75 Å². The van der Waals surface area contributed by atoms with E-state index in [9.17, 15) is 4.79 Å². The number of nitrogens with one attached hydrogen (secondary N) is 1. The van der Waals surface area contributed by atoms with Gasteiger partial charge in [-0.05, 0) is 40.5 Å². The van der Waals surface area contributed by atoms with E-state index in [1.54, 1.807) is 7.11 Å². The number of halogens is 1. The lowest BCUT2D eigenvalue weighted by Crippen LogP contribution is -2.27. The Hall–Kier alpha value is -1.95. The van der Waals surface area contributed by atoms with E-state index in [0.717, 1.165) is 15.8 Å². The van der Waals surface area contributed by atoms with Crippen LogP contribution in [0.2, 0.25) is 0 Å². The van der Waals surface area contributed by atoms with Gasteiger partial charge in [-0.15, -0.1) is 0 Å². The highest BCUT2D eigenvalue weighted by molar-refractivity contribution is 9.10. The number of carbonyl (C=O) groups excluding carboxylic acids is 1. The molecule has 0 radical (unpaired) electrons. The summed E-state index contributed by atoms with van der Waals surface area (Å²) in [6, 6.07) is 5.53. The van der Waals surface area contributed by atoms with Crippen molar-refractivity contribution in [2.45, 2.75) is 13.0 Å². The third kappa shape index (κ3) is 3.33. The van der Waals surface area contributed by atoms with Crippen molar-refractivity contribution in [1.82, 2.24) is 15.3 Å². The molecule has 2 rings (SSSR count). The van der Waals surface area contributed by atoms with Crippen LogP contribution in [0, 0.1) is 0 Å². The van der Waals surface area contributed by atoms with Crippen LogP contribution < -0.4 is 10.1 Å². The molecule has 0 saturated carbocycles. The molecule has 104 valence electrons. The normalized spacial score (nSPS) is 11.8. The number of nitrogens with zero attached hydrogens (tertiary/aromatic N) is 2. The molecule has 0 bridgehead atoms. The summed E-state index contributed by atoms with van der Waals surface area (Å²) in [6.45, 7) is 1.91. The SMILES string of the molecule is COc1ccc([C@@H](C)NC(=O)c2cnccn2)cc1Br. The Kier molecular flexibility index (Phi) is 4.68. The molecule has 5 nitrogen and oxygen atoms in total. The fourth-order valence-corrected chi connectivity index (χ4v) is 2.28. The zero-order chi connectivity index (χ0) is 14.5. The lowest BCUT2D eigenvalue weighted by Gasteiger charge is -2.15. The van der Waals surface area contributed by atoms with Gasteiger partial charge >= 0.3 is 0 Å². The first kappa shape index (κ1) is 14.5. The summed E-state index contributed by atoms with van der Waals surface area (Å²) in [5.74, 6) is 0.499. The highest BCUT2D eigenvalue weighted by Crippen LogP contribution is 2.27. The van der Waals surface area contributed by atoms with Crippen LogP contribution in [0.3, 0.4) is 0 Å². The number of rotatable bonds is 4. The van der Waals surface area contributed by atoms with E-state index >= 15 is 0 Å². The van der Waals surface area contributed by atoms with Crippen molar-refractivity contribution in [1.29, 1.82) is 0 Å². The molecule has 1 atom stereocenters. The Labute approximate surface area is 125 Å². The van der Waals surface area contributed by atoms with Crippen molar-refractivity contribution in [2.75, 3.05) is 7.11 Å². The predicted molar refractivity (Wildman–Crippen MR) is 78.6 cm³/mol. The second-order valence-corrected chi connectivity index (χ2v) is 5.03. The highest BCUT2D eigenvalue weighted by atomic mass is 79.9. The van der Waals surface area contributed by atoms with Gasteiger partial charge in [-0.3, -0.25) is 9.78 Å². The molecule has 1 N–H and O–H groups in total. The molecule has 0 aliphatic heterocycles. The minimum atomic E-state index is -0.252. The summed E-state index contributed by atoms with van der Waals surface area (Å²) in [6.07, 6.45) is 4.45. The molecule has 0 aliphatic rings. The number of methoxy groups -OCH3 is 1. The molecule has 20 heavy (non-hydrogen) atoms. The van der Waals surface area contributed by atoms with Gasteiger partial charge in [0.15, 0.2) is 0 Å². The molecule has 1 heterocycles. The fraction of sp³-hybridized carbons (Fsp3) is 0.214. The highest BCUT2D eigenvalue weighted by Gasteiger charge is 2.13. The average Bonchev–Trinajstić information content (AvgIpc) is 2.48. The number of hydrogen-bond donors (Lipinski definition) is 1. The van der Waals surface area contributed by atoms with E-state index in [4.69, 9.17) is 4.74 Å². The van der Waals surface area contributed by atoms with Crippen molar-refractivity contribution in [3.05, 3.63) is 52.5 Å². The Morgan fingerprint density at radius 2 is 2.20 bits per heavy atom. The van der Waals surface area contributed by atoms with Crippen LogP contribution in [-0.4, -0.2) is 23.0 Å². The van der Waals surface area contributed by atoms with E-state index in [1.165, 1.54) is 18.6 Å². The van der Waals surface area contributed by atoms with Crippen molar-refractivity contribution >= 4 is 21.8 Å². The first-order valence-electron chi connectivity index (χ1n) is 6.02. The smallest absolute Gasteiger partial charge is 0.271 e. The molecule has 1 aromatic heterocycles. The van der Waals surface area contributed by atoms with Crippen LogP contribution in [0.1, 0.15) is 29.0 Å². The van der Waals surface area contributed by atoms with Gasteiger partial charge in [0.05, 0.1) is 23.8 Å². The van der Waals surface area contributed by atoms with Crippen molar-refractivity contribution in [3.8, 4) is 5.75 Å². The molecule has 0 spiro atoms. The van der Waals surface area contributed by atoms with Crippen LogP contribution in [0.4, 0.5) is 0 Å². The largest absolute Gasteiger partial charge is 0.496 e. The predicted octanol–water partition coefficient (Wildman–Crippen LogP) is 2.74. The number of carbonyl (C=O) groups is 1. The summed E-state index contributed by atoms with van der Waals surface area (Å²) in [5.41, 5.74) is 1.27. The summed E-state index contributed by atoms with van der Waals surface area (Å²) < 4.78 is 6.02. The summed E-state index contributed by atoms with van der Waals surface area (Å²) in [4.78, 5) is 19.8. The second-order valence-electron chi connectivity index (χ2n) is 4.18. The van der Waals surface area contributed by atoms with Crippen molar-refractivity contribution < 1.29 is 9.53 Å². The monoisotopic (exact) mass is 335 g/mol. The fourth-order valence-electron chi connectivity index (χ4n) is 1.72. The number of hydrogen-bond acceptors (Lipinski definition) is 4.